The van der Waals surface area contributed by atoms with Crippen molar-refractivity contribution in [2.75, 3.05) is 39.5 Å². The molecule has 1 aromatic rings. The van der Waals surface area contributed by atoms with Crippen molar-refractivity contribution in [1.82, 2.24) is 10.6 Å². The fourth-order valence-electron chi connectivity index (χ4n) is 2.24. The molecule has 1 atom stereocenters. The van der Waals surface area contributed by atoms with Crippen molar-refractivity contribution in [3.05, 3.63) is 23.8 Å². The van der Waals surface area contributed by atoms with Gasteiger partial charge in [-0.15, -0.1) is 0 Å². The second-order valence-electron chi connectivity index (χ2n) is 4.77. The van der Waals surface area contributed by atoms with E-state index in [1.165, 1.54) is 0 Å². The molecule has 2 aliphatic rings. The Bertz CT molecular complexity index is 486. The number of hydrogen-bond acceptors (Lipinski definition) is 5. The molecule has 1 aromatic carbocycles. The largest absolute Gasteiger partial charge is 0.486 e. The van der Waals surface area contributed by atoms with Gasteiger partial charge in [-0.3, -0.25) is 4.79 Å². The third kappa shape index (κ3) is 3.02. The molecule has 3 rings (SSSR count). The molecule has 0 bridgehead atoms. The van der Waals surface area contributed by atoms with Gasteiger partial charge in [-0.2, -0.15) is 0 Å². The van der Waals surface area contributed by atoms with Crippen molar-refractivity contribution < 1.29 is 19.0 Å². The fraction of sp³-hybridized carbons (Fsp3) is 0.500. The zero-order valence-electron chi connectivity index (χ0n) is 11.2. The molecular formula is C14H18N2O4. The number of rotatable bonds is 3. The van der Waals surface area contributed by atoms with Gasteiger partial charge in [0.05, 0.1) is 12.7 Å². The minimum Gasteiger partial charge on any atom is -0.486 e. The van der Waals surface area contributed by atoms with E-state index in [0.717, 1.165) is 13.1 Å². The first-order chi connectivity index (χ1) is 9.83. The van der Waals surface area contributed by atoms with E-state index >= 15 is 0 Å². The Kier molecular flexibility index (Phi) is 4.03. The summed E-state index contributed by atoms with van der Waals surface area (Å²) in [7, 11) is 0. The van der Waals surface area contributed by atoms with Gasteiger partial charge >= 0.3 is 0 Å². The van der Waals surface area contributed by atoms with E-state index in [1.54, 1.807) is 18.2 Å². The lowest BCUT2D eigenvalue weighted by atomic mass is 10.1. The van der Waals surface area contributed by atoms with Crippen LogP contribution in [-0.4, -0.2) is 51.5 Å². The third-order valence-electron chi connectivity index (χ3n) is 3.30. The van der Waals surface area contributed by atoms with Gasteiger partial charge in [0, 0.05) is 25.2 Å². The lowest BCUT2D eigenvalue weighted by molar-refractivity contribution is 0.0287. The zero-order chi connectivity index (χ0) is 13.8. The summed E-state index contributed by atoms with van der Waals surface area (Å²) < 4.78 is 16.4. The molecule has 0 aliphatic carbocycles. The van der Waals surface area contributed by atoms with Gasteiger partial charge in [0.25, 0.3) is 5.91 Å². The van der Waals surface area contributed by atoms with Crippen LogP contribution in [0.4, 0.5) is 0 Å². The van der Waals surface area contributed by atoms with Crippen LogP contribution in [0.5, 0.6) is 11.5 Å². The first kappa shape index (κ1) is 13.2. The van der Waals surface area contributed by atoms with Crippen molar-refractivity contribution in [2.24, 2.45) is 0 Å². The standard InChI is InChI=1S/C14H18N2O4/c17-14(16-9-11-8-15-3-4-18-11)10-1-2-12-13(7-10)20-6-5-19-12/h1-2,7,11,15H,3-6,8-9H2,(H,16,17). The van der Waals surface area contributed by atoms with Gasteiger partial charge in [-0.25, -0.2) is 0 Å². The van der Waals surface area contributed by atoms with Crippen molar-refractivity contribution in [2.45, 2.75) is 6.10 Å². The van der Waals surface area contributed by atoms with Gasteiger partial charge in [0.15, 0.2) is 11.5 Å². The van der Waals surface area contributed by atoms with E-state index < -0.39 is 0 Å². The summed E-state index contributed by atoms with van der Waals surface area (Å²) in [6, 6.07) is 5.22. The van der Waals surface area contributed by atoms with Crippen molar-refractivity contribution >= 4 is 5.91 Å². The summed E-state index contributed by atoms with van der Waals surface area (Å²) in [6.45, 7) is 3.88. The summed E-state index contributed by atoms with van der Waals surface area (Å²) >= 11 is 0. The molecule has 20 heavy (non-hydrogen) atoms. The smallest absolute Gasteiger partial charge is 0.251 e. The summed E-state index contributed by atoms with van der Waals surface area (Å²) in [5.41, 5.74) is 0.568. The Labute approximate surface area is 117 Å². The van der Waals surface area contributed by atoms with Crippen LogP contribution in [0.3, 0.4) is 0 Å². The number of morpholine rings is 1. The van der Waals surface area contributed by atoms with Gasteiger partial charge in [0.1, 0.15) is 13.2 Å². The number of fused-ring (bicyclic) bond motifs is 1. The van der Waals surface area contributed by atoms with Crippen LogP contribution in [0.25, 0.3) is 0 Å². The van der Waals surface area contributed by atoms with Crippen molar-refractivity contribution in [3.63, 3.8) is 0 Å². The zero-order valence-corrected chi connectivity index (χ0v) is 11.2. The maximum absolute atomic E-state index is 12.1. The first-order valence-electron chi connectivity index (χ1n) is 6.83. The molecule has 1 saturated heterocycles. The van der Waals surface area contributed by atoms with Gasteiger partial charge in [0.2, 0.25) is 0 Å². The number of nitrogens with one attached hydrogen (secondary N) is 2. The molecule has 0 radical (unpaired) electrons. The van der Waals surface area contributed by atoms with E-state index in [1.807, 2.05) is 0 Å². The topological polar surface area (TPSA) is 68.8 Å². The number of amides is 1. The Balaban J connectivity index is 1.59. The van der Waals surface area contributed by atoms with Gasteiger partial charge in [-0.1, -0.05) is 0 Å². The van der Waals surface area contributed by atoms with Crippen LogP contribution in [0.2, 0.25) is 0 Å². The Hall–Kier alpha value is -1.79. The highest BCUT2D eigenvalue weighted by Crippen LogP contribution is 2.30. The minimum atomic E-state index is -0.129. The number of carbonyl (C=O) groups excluding carboxylic acids is 1. The predicted octanol–water partition coefficient (Wildman–Crippen LogP) is 0.176. The molecule has 1 amide bonds. The van der Waals surface area contributed by atoms with Crippen LogP contribution in [0.1, 0.15) is 10.4 Å². The van der Waals surface area contributed by atoms with E-state index in [4.69, 9.17) is 14.2 Å². The molecule has 2 aliphatic heterocycles. The van der Waals surface area contributed by atoms with Crippen LogP contribution in [0, 0.1) is 0 Å². The average Bonchev–Trinajstić information content (AvgIpc) is 2.53. The predicted molar refractivity (Wildman–Crippen MR) is 72.4 cm³/mol. The maximum Gasteiger partial charge on any atom is 0.251 e. The van der Waals surface area contributed by atoms with Crippen LogP contribution < -0.4 is 20.1 Å². The lowest BCUT2D eigenvalue weighted by Gasteiger charge is -2.24. The molecule has 0 aromatic heterocycles. The second-order valence-corrected chi connectivity index (χ2v) is 4.77. The molecule has 0 saturated carbocycles. The molecule has 108 valence electrons. The number of hydrogen-bond donors (Lipinski definition) is 2. The number of benzene rings is 1. The fourth-order valence-corrected chi connectivity index (χ4v) is 2.24. The monoisotopic (exact) mass is 278 g/mol. The molecule has 2 heterocycles. The molecular weight excluding hydrogens is 260 g/mol. The van der Waals surface area contributed by atoms with E-state index in [0.29, 0.717) is 43.4 Å². The van der Waals surface area contributed by atoms with Crippen LogP contribution in [-0.2, 0) is 4.74 Å². The molecule has 0 spiro atoms. The minimum absolute atomic E-state index is 0.0323. The Morgan fingerprint density at radius 2 is 2.10 bits per heavy atom. The van der Waals surface area contributed by atoms with Gasteiger partial charge in [-0.05, 0) is 18.2 Å². The first-order valence-corrected chi connectivity index (χ1v) is 6.83. The summed E-state index contributed by atoms with van der Waals surface area (Å²) in [4.78, 5) is 12.1. The molecule has 1 unspecified atom stereocenters. The average molecular weight is 278 g/mol. The second kappa shape index (κ2) is 6.11. The quantitative estimate of drug-likeness (QED) is 0.825. The Morgan fingerprint density at radius 1 is 1.25 bits per heavy atom. The van der Waals surface area contributed by atoms with Crippen LogP contribution in [0.15, 0.2) is 18.2 Å². The summed E-state index contributed by atoms with van der Waals surface area (Å²) in [5, 5.41) is 6.10. The number of carbonyl (C=O) groups is 1. The third-order valence-corrected chi connectivity index (χ3v) is 3.30. The highest BCUT2D eigenvalue weighted by molar-refractivity contribution is 5.94. The normalized spacial score (nSPS) is 21.3. The van der Waals surface area contributed by atoms with Crippen molar-refractivity contribution in [3.8, 4) is 11.5 Å². The summed E-state index contributed by atoms with van der Waals surface area (Å²) in [6.07, 6.45) is 0.0323. The van der Waals surface area contributed by atoms with Crippen molar-refractivity contribution in [1.29, 1.82) is 0 Å². The number of ether oxygens (including phenoxy) is 3. The maximum atomic E-state index is 12.1. The van der Waals surface area contributed by atoms with Crippen LogP contribution >= 0.6 is 0 Å². The summed E-state index contributed by atoms with van der Waals surface area (Å²) in [5.74, 6) is 1.18. The lowest BCUT2D eigenvalue weighted by Crippen LogP contribution is -2.45. The Morgan fingerprint density at radius 3 is 2.90 bits per heavy atom. The molecule has 6 heteroatoms. The van der Waals surface area contributed by atoms with E-state index in [9.17, 15) is 4.79 Å². The van der Waals surface area contributed by atoms with E-state index in [2.05, 4.69) is 10.6 Å². The molecule has 1 fully saturated rings. The SMILES string of the molecule is O=C(NCC1CNCCO1)c1ccc2c(c1)OCCO2. The highest BCUT2D eigenvalue weighted by atomic mass is 16.6. The molecule has 6 nitrogen and oxygen atoms in total. The highest BCUT2D eigenvalue weighted by Gasteiger charge is 2.17. The van der Waals surface area contributed by atoms with E-state index in [-0.39, 0.29) is 12.0 Å². The molecule has 2 N–H and O–H groups in total. The van der Waals surface area contributed by atoms with Gasteiger partial charge < -0.3 is 24.8 Å².